The van der Waals surface area contributed by atoms with Gasteiger partial charge < -0.3 is 14.5 Å². The summed E-state index contributed by atoms with van der Waals surface area (Å²) in [4.78, 5) is 28.5. The molecule has 6 nitrogen and oxygen atoms in total. The van der Waals surface area contributed by atoms with Crippen LogP contribution in [0.2, 0.25) is 0 Å². The Hall–Kier alpha value is -3.59. The molecule has 0 radical (unpaired) electrons. The summed E-state index contributed by atoms with van der Waals surface area (Å²) in [7, 11) is 3.86. The Morgan fingerprint density at radius 1 is 1.17 bits per heavy atom. The number of carbonyl (C=O) groups is 2. The quantitative estimate of drug-likeness (QED) is 0.446. The lowest BCUT2D eigenvalue weighted by Gasteiger charge is -2.29. The van der Waals surface area contributed by atoms with Crippen molar-refractivity contribution in [3.63, 3.8) is 0 Å². The number of nitriles is 1. The van der Waals surface area contributed by atoms with E-state index in [9.17, 15) is 14.9 Å². The van der Waals surface area contributed by atoms with Crippen molar-refractivity contribution in [1.82, 2.24) is 0 Å². The maximum atomic E-state index is 12.6. The Kier molecular flexibility index (Phi) is 6.30. The fraction of sp³-hybridized carbons (Fsp3) is 0.261. The van der Waals surface area contributed by atoms with Gasteiger partial charge in [-0.2, -0.15) is 5.26 Å². The monoisotopic (exact) mass is 389 g/mol. The Morgan fingerprint density at radius 2 is 1.90 bits per heavy atom. The van der Waals surface area contributed by atoms with E-state index in [4.69, 9.17) is 4.74 Å². The molecule has 0 saturated carbocycles. The van der Waals surface area contributed by atoms with Crippen LogP contribution in [0.1, 0.15) is 17.5 Å². The highest BCUT2D eigenvalue weighted by Gasteiger charge is 2.23. The van der Waals surface area contributed by atoms with Gasteiger partial charge in [-0.05, 0) is 48.2 Å². The summed E-state index contributed by atoms with van der Waals surface area (Å²) >= 11 is 0. The van der Waals surface area contributed by atoms with E-state index in [-0.39, 0.29) is 11.5 Å². The first kappa shape index (κ1) is 20.2. The molecule has 0 fully saturated rings. The predicted octanol–water partition coefficient (Wildman–Crippen LogP) is 3.18. The van der Waals surface area contributed by atoms with Crippen molar-refractivity contribution in [1.29, 1.82) is 5.26 Å². The molecule has 6 heteroatoms. The number of hydrogen-bond donors (Lipinski definition) is 0. The summed E-state index contributed by atoms with van der Waals surface area (Å²) in [5.41, 5.74) is 3.54. The molecule has 148 valence electrons. The van der Waals surface area contributed by atoms with Gasteiger partial charge in [0, 0.05) is 32.0 Å². The summed E-state index contributed by atoms with van der Waals surface area (Å²) < 4.78 is 5.13. The van der Waals surface area contributed by atoms with E-state index in [1.165, 1.54) is 6.08 Å². The van der Waals surface area contributed by atoms with Crippen LogP contribution in [0.3, 0.4) is 0 Å². The number of rotatable bonds is 5. The minimum atomic E-state index is -0.803. The van der Waals surface area contributed by atoms with E-state index >= 15 is 0 Å². The van der Waals surface area contributed by atoms with Gasteiger partial charge in [0.05, 0.1) is 0 Å². The van der Waals surface area contributed by atoms with E-state index in [2.05, 4.69) is 0 Å². The minimum Gasteiger partial charge on any atom is -0.451 e. The Balaban J connectivity index is 1.65. The number of esters is 1. The molecular weight excluding hydrogens is 366 g/mol. The molecule has 2 aromatic carbocycles. The maximum Gasteiger partial charge on any atom is 0.349 e. The number of ether oxygens (including phenoxy) is 1. The lowest BCUT2D eigenvalue weighted by Crippen LogP contribution is -2.38. The third-order valence-electron chi connectivity index (χ3n) is 4.80. The summed E-state index contributed by atoms with van der Waals surface area (Å²) in [6, 6.07) is 17.0. The number of benzene rings is 2. The molecule has 0 saturated heterocycles. The van der Waals surface area contributed by atoms with Crippen molar-refractivity contribution >= 4 is 29.3 Å². The number of nitrogens with zero attached hydrogens (tertiary/aromatic N) is 3. The average molecular weight is 389 g/mol. The lowest BCUT2D eigenvalue weighted by molar-refractivity contribution is -0.143. The van der Waals surface area contributed by atoms with Crippen molar-refractivity contribution in [2.75, 3.05) is 37.0 Å². The van der Waals surface area contributed by atoms with E-state index < -0.39 is 12.6 Å². The van der Waals surface area contributed by atoms with Gasteiger partial charge in [0.2, 0.25) is 0 Å². The van der Waals surface area contributed by atoms with Crippen LogP contribution in [-0.2, 0) is 20.7 Å². The number of amides is 1. The number of fused-ring (bicyclic) bond motifs is 1. The first-order valence-electron chi connectivity index (χ1n) is 9.44. The van der Waals surface area contributed by atoms with Crippen LogP contribution >= 0.6 is 0 Å². The third-order valence-corrected chi connectivity index (χ3v) is 4.80. The highest BCUT2D eigenvalue weighted by molar-refractivity contribution is 6.01. The molecule has 1 aliphatic heterocycles. The molecular formula is C23H23N3O3. The third kappa shape index (κ3) is 4.82. The zero-order valence-electron chi connectivity index (χ0n) is 16.6. The number of aryl methyl sites for hydroxylation is 1. The molecule has 0 aromatic heterocycles. The molecule has 0 spiro atoms. The molecule has 0 atom stereocenters. The van der Waals surface area contributed by atoms with Gasteiger partial charge in [0.1, 0.15) is 11.6 Å². The number of anilines is 2. The van der Waals surface area contributed by atoms with Crippen molar-refractivity contribution in [3.8, 4) is 6.07 Å². The molecule has 0 N–H and O–H groups in total. The highest BCUT2D eigenvalue weighted by atomic mass is 16.5. The first-order chi connectivity index (χ1) is 14.0. The predicted molar refractivity (Wildman–Crippen MR) is 112 cm³/mol. The Bertz CT molecular complexity index is 972. The fourth-order valence-corrected chi connectivity index (χ4v) is 3.25. The number of hydrogen-bond acceptors (Lipinski definition) is 5. The molecule has 1 amide bonds. The largest absolute Gasteiger partial charge is 0.451 e. The van der Waals surface area contributed by atoms with Crippen molar-refractivity contribution in [3.05, 3.63) is 65.2 Å². The van der Waals surface area contributed by atoms with Gasteiger partial charge in [0.15, 0.2) is 6.61 Å². The highest BCUT2D eigenvalue weighted by Crippen LogP contribution is 2.26. The Labute approximate surface area is 170 Å². The van der Waals surface area contributed by atoms with Gasteiger partial charge in [-0.25, -0.2) is 4.79 Å². The summed E-state index contributed by atoms with van der Waals surface area (Å²) in [6.07, 6.45) is 3.25. The summed E-state index contributed by atoms with van der Waals surface area (Å²) in [5, 5.41) is 9.32. The minimum absolute atomic E-state index is 0.144. The van der Waals surface area contributed by atoms with Gasteiger partial charge in [-0.15, -0.1) is 0 Å². The fourth-order valence-electron chi connectivity index (χ4n) is 3.25. The average Bonchev–Trinajstić information content (AvgIpc) is 2.75. The molecule has 29 heavy (non-hydrogen) atoms. The van der Waals surface area contributed by atoms with E-state index in [1.807, 2.05) is 73.6 Å². The van der Waals surface area contributed by atoms with Crippen molar-refractivity contribution < 1.29 is 14.3 Å². The van der Waals surface area contributed by atoms with E-state index in [0.717, 1.165) is 29.8 Å². The zero-order valence-corrected chi connectivity index (χ0v) is 16.6. The molecule has 1 heterocycles. The summed E-state index contributed by atoms with van der Waals surface area (Å²) in [6.45, 7) is 0.193. The van der Waals surface area contributed by atoms with Crippen LogP contribution in [0.4, 0.5) is 11.4 Å². The maximum absolute atomic E-state index is 12.6. The molecule has 0 bridgehead atoms. The van der Waals surface area contributed by atoms with E-state index in [1.54, 1.807) is 4.90 Å². The Morgan fingerprint density at radius 3 is 2.59 bits per heavy atom. The first-order valence-corrected chi connectivity index (χ1v) is 9.44. The van der Waals surface area contributed by atoms with Crippen LogP contribution in [-0.4, -0.2) is 39.1 Å². The molecule has 0 unspecified atom stereocenters. The van der Waals surface area contributed by atoms with Crippen LogP contribution in [0, 0.1) is 11.3 Å². The second-order valence-corrected chi connectivity index (χ2v) is 7.01. The summed E-state index contributed by atoms with van der Waals surface area (Å²) in [5.74, 6) is -1.10. The van der Waals surface area contributed by atoms with Crippen LogP contribution in [0.5, 0.6) is 0 Å². The van der Waals surface area contributed by atoms with E-state index in [0.29, 0.717) is 12.1 Å². The smallest absolute Gasteiger partial charge is 0.349 e. The topological polar surface area (TPSA) is 73.6 Å². The SMILES string of the molecule is CN(C)c1ccc(/C=C(\C#N)C(=O)OCC(=O)N2CCCc3ccccc32)cc1. The number of carbonyl (C=O) groups excluding carboxylic acids is 2. The molecule has 3 rings (SSSR count). The van der Waals surface area contributed by atoms with Gasteiger partial charge in [0.25, 0.3) is 5.91 Å². The van der Waals surface area contributed by atoms with Crippen LogP contribution < -0.4 is 9.80 Å². The van der Waals surface area contributed by atoms with Gasteiger partial charge in [-0.1, -0.05) is 30.3 Å². The second kappa shape index (κ2) is 9.07. The second-order valence-electron chi connectivity index (χ2n) is 7.01. The lowest BCUT2D eigenvalue weighted by atomic mass is 10.0. The number of para-hydroxylation sites is 1. The zero-order chi connectivity index (χ0) is 20.8. The van der Waals surface area contributed by atoms with Crippen LogP contribution in [0.25, 0.3) is 6.08 Å². The van der Waals surface area contributed by atoms with Crippen LogP contribution in [0.15, 0.2) is 54.1 Å². The molecule has 0 aliphatic carbocycles. The molecule has 2 aromatic rings. The molecule has 1 aliphatic rings. The van der Waals surface area contributed by atoms with Gasteiger partial charge in [-0.3, -0.25) is 4.79 Å². The van der Waals surface area contributed by atoms with Crippen molar-refractivity contribution in [2.45, 2.75) is 12.8 Å². The standard InChI is InChI=1S/C23H23N3O3/c1-25(2)20-11-9-17(10-12-20)14-19(15-24)23(28)29-16-22(27)26-13-5-7-18-6-3-4-8-21(18)26/h3-4,6,8-12,14H,5,7,13,16H2,1-2H3/b19-14+. The van der Waals surface area contributed by atoms with Gasteiger partial charge >= 0.3 is 5.97 Å². The van der Waals surface area contributed by atoms with Crippen molar-refractivity contribution in [2.24, 2.45) is 0 Å². The normalized spacial score (nSPS) is 13.3.